The quantitative estimate of drug-likeness (QED) is 0.645. The van der Waals surface area contributed by atoms with Crippen molar-refractivity contribution >= 4 is 0 Å². The van der Waals surface area contributed by atoms with Gasteiger partial charge in [0.2, 0.25) is 0 Å². The first-order valence-corrected chi connectivity index (χ1v) is 5.02. The maximum atomic E-state index is 5.89. The van der Waals surface area contributed by atoms with Crippen molar-refractivity contribution in [3.05, 3.63) is 18.0 Å². The van der Waals surface area contributed by atoms with Crippen molar-refractivity contribution in [2.75, 3.05) is 26.9 Å². The average Bonchev–Trinajstić information content (AvgIpc) is 2.59. The molecule has 15 heavy (non-hydrogen) atoms. The number of nitrogens with zero attached hydrogens (tertiary/aromatic N) is 2. The number of hydrogen-bond donors (Lipinski definition) is 1. The highest BCUT2D eigenvalue weighted by Gasteiger charge is 2.05. The highest BCUT2D eigenvalue weighted by molar-refractivity contribution is 5.05. The number of methoxy groups -OCH3 is 1. The van der Waals surface area contributed by atoms with E-state index in [0.717, 1.165) is 12.0 Å². The standard InChI is InChI=1S/C10H19N3O2/c1-13-7-9(6-12-13)5-10(11)8-15-4-3-14-2/h6-7,10H,3-5,8,11H2,1-2H3. The molecule has 1 aromatic rings. The molecule has 1 heterocycles. The Morgan fingerprint density at radius 2 is 2.33 bits per heavy atom. The first-order valence-electron chi connectivity index (χ1n) is 5.02. The van der Waals surface area contributed by atoms with Crippen LogP contribution in [0.4, 0.5) is 0 Å². The molecule has 0 radical (unpaired) electrons. The van der Waals surface area contributed by atoms with Crippen LogP contribution in [0.2, 0.25) is 0 Å². The zero-order chi connectivity index (χ0) is 11.1. The first-order chi connectivity index (χ1) is 7.22. The maximum absolute atomic E-state index is 5.89. The van der Waals surface area contributed by atoms with E-state index in [0.29, 0.717) is 19.8 Å². The summed E-state index contributed by atoms with van der Waals surface area (Å²) in [5, 5.41) is 4.08. The van der Waals surface area contributed by atoms with Gasteiger partial charge in [-0.05, 0) is 12.0 Å². The second kappa shape index (κ2) is 6.55. The van der Waals surface area contributed by atoms with Gasteiger partial charge in [0.1, 0.15) is 0 Å². The Morgan fingerprint density at radius 1 is 1.53 bits per heavy atom. The van der Waals surface area contributed by atoms with Crippen molar-refractivity contribution in [2.24, 2.45) is 12.8 Å². The topological polar surface area (TPSA) is 62.3 Å². The summed E-state index contributed by atoms with van der Waals surface area (Å²) in [7, 11) is 3.54. The molecule has 0 aliphatic rings. The summed E-state index contributed by atoms with van der Waals surface area (Å²) < 4.78 is 12.0. The zero-order valence-corrected chi connectivity index (χ0v) is 9.35. The fourth-order valence-electron chi connectivity index (χ4n) is 1.32. The molecule has 0 aromatic carbocycles. The van der Waals surface area contributed by atoms with E-state index >= 15 is 0 Å². The molecular formula is C10H19N3O2. The maximum Gasteiger partial charge on any atom is 0.0701 e. The van der Waals surface area contributed by atoms with Crippen LogP contribution in [0.5, 0.6) is 0 Å². The van der Waals surface area contributed by atoms with E-state index in [1.165, 1.54) is 0 Å². The minimum atomic E-state index is 0.0195. The van der Waals surface area contributed by atoms with Crippen molar-refractivity contribution in [1.82, 2.24) is 9.78 Å². The summed E-state index contributed by atoms with van der Waals surface area (Å²) in [6.45, 7) is 1.76. The van der Waals surface area contributed by atoms with Gasteiger partial charge in [-0.25, -0.2) is 0 Å². The summed E-state index contributed by atoms with van der Waals surface area (Å²) in [5.41, 5.74) is 7.03. The van der Waals surface area contributed by atoms with Crippen LogP contribution >= 0.6 is 0 Å². The molecule has 5 heteroatoms. The lowest BCUT2D eigenvalue weighted by molar-refractivity contribution is 0.0637. The molecule has 5 nitrogen and oxygen atoms in total. The molecule has 86 valence electrons. The van der Waals surface area contributed by atoms with Gasteiger partial charge in [0.05, 0.1) is 26.0 Å². The molecule has 1 aromatic heterocycles. The van der Waals surface area contributed by atoms with E-state index in [1.807, 2.05) is 19.4 Å². The third-order valence-corrected chi connectivity index (χ3v) is 2.02. The molecule has 0 aliphatic heterocycles. The van der Waals surface area contributed by atoms with Crippen LogP contribution in [0.1, 0.15) is 5.56 Å². The summed E-state index contributed by atoms with van der Waals surface area (Å²) in [6.07, 6.45) is 4.59. The summed E-state index contributed by atoms with van der Waals surface area (Å²) in [4.78, 5) is 0. The summed E-state index contributed by atoms with van der Waals surface area (Å²) >= 11 is 0. The van der Waals surface area contributed by atoms with Gasteiger partial charge in [-0.15, -0.1) is 0 Å². The van der Waals surface area contributed by atoms with Crippen LogP contribution in [0.25, 0.3) is 0 Å². The summed E-state index contributed by atoms with van der Waals surface area (Å²) in [5.74, 6) is 0. The number of rotatable bonds is 7. The fourth-order valence-corrected chi connectivity index (χ4v) is 1.32. The molecule has 0 saturated carbocycles. The van der Waals surface area contributed by atoms with Gasteiger partial charge >= 0.3 is 0 Å². The van der Waals surface area contributed by atoms with Crippen molar-refractivity contribution in [2.45, 2.75) is 12.5 Å². The van der Waals surface area contributed by atoms with Crippen molar-refractivity contribution in [3.63, 3.8) is 0 Å². The van der Waals surface area contributed by atoms with Crippen LogP contribution in [0, 0.1) is 0 Å². The second-order valence-electron chi connectivity index (χ2n) is 3.55. The van der Waals surface area contributed by atoms with Gasteiger partial charge in [0.25, 0.3) is 0 Å². The van der Waals surface area contributed by atoms with Crippen LogP contribution in [-0.2, 0) is 22.9 Å². The number of nitrogens with two attached hydrogens (primary N) is 1. The van der Waals surface area contributed by atoms with Crippen molar-refractivity contribution in [3.8, 4) is 0 Å². The molecule has 2 N–H and O–H groups in total. The predicted octanol–water partition coefficient (Wildman–Crippen LogP) is -0.0471. The van der Waals surface area contributed by atoms with Crippen LogP contribution in [0.15, 0.2) is 12.4 Å². The molecular weight excluding hydrogens is 194 g/mol. The van der Waals surface area contributed by atoms with Crippen molar-refractivity contribution < 1.29 is 9.47 Å². The largest absolute Gasteiger partial charge is 0.382 e. The molecule has 0 bridgehead atoms. The molecule has 0 spiro atoms. The van der Waals surface area contributed by atoms with Crippen LogP contribution < -0.4 is 5.73 Å². The SMILES string of the molecule is COCCOCC(N)Cc1cnn(C)c1. The third kappa shape index (κ3) is 4.92. The van der Waals surface area contributed by atoms with Crippen LogP contribution in [-0.4, -0.2) is 42.8 Å². The Balaban J connectivity index is 2.15. The molecule has 0 saturated heterocycles. The van der Waals surface area contributed by atoms with Crippen LogP contribution in [0.3, 0.4) is 0 Å². The predicted molar refractivity (Wildman–Crippen MR) is 57.6 cm³/mol. The lowest BCUT2D eigenvalue weighted by atomic mass is 10.1. The Bertz CT molecular complexity index is 275. The average molecular weight is 213 g/mol. The van der Waals surface area contributed by atoms with Gasteiger partial charge in [-0.3, -0.25) is 4.68 Å². The zero-order valence-electron chi connectivity index (χ0n) is 9.35. The van der Waals surface area contributed by atoms with E-state index in [4.69, 9.17) is 15.2 Å². The van der Waals surface area contributed by atoms with Crippen molar-refractivity contribution in [1.29, 1.82) is 0 Å². The third-order valence-electron chi connectivity index (χ3n) is 2.02. The number of aromatic nitrogens is 2. The fraction of sp³-hybridized carbons (Fsp3) is 0.700. The highest BCUT2D eigenvalue weighted by atomic mass is 16.5. The van der Waals surface area contributed by atoms with E-state index in [9.17, 15) is 0 Å². The molecule has 1 rings (SSSR count). The molecule has 1 unspecified atom stereocenters. The lowest BCUT2D eigenvalue weighted by Crippen LogP contribution is -2.29. The van der Waals surface area contributed by atoms with E-state index in [1.54, 1.807) is 11.8 Å². The Hall–Kier alpha value is -0.910. The second-order valence-corrected chi connectivity index (χ2v) is 3.55. The van der Waals surface area contributed by atoms with Gasteiger partial charge in [-0.1, -0.05) is 0 Å². The van der Waals surface area contributed by atoms with Gasteiger partial charge in [0, 0.05) is 26.4 Å². The molecule has 0 fully saturated rings. The minimum Gasteiger partial charge on any atom is -0.382 e. The Labute approximate surface area is 90.2 Å². The number of hydrogen-bond acceptors (Lipinski definition) is 4. The monoisotopic (exact) mass is 213 g/mol. The Morgan fingerprint density at radius 3 is 2.93 bits per heavy atom. The van der Waals surface area contributed by atoms with E-state index < -0.39 is 0 Å². The highest BCUT2D eigenvalue weighted by Crippen LogP contribution is 2.00. The molecule has 0 aliphatic carbocycles. The smallest absolute Gasteiger partial charge is 0.0701 e. The minimum absolute atomic E-state index is 0.0195. The van der Waals surface area contributed by atoms with Gasteiger partial charge < -0.3 is 15.2 Å². The molecule has 1 atom stereocenters. The number of aryl methyl sites for hydroxylation is 1. The summed E-state index contributed by atoms with van der Waals surface area (Å²) in [6, 6.07) is 0.0195. The molecule has 0 amide bonds. The first kappa shape index (κ1) is 12.2. The van der Waals surface area contributed by atoms with Gasteiger partial charge in [0.15, 0.2) is 0 Å². The normalized spacial score (nSPS) is 13.0. The van der Waals surface area contributed by atoms with E-state index in [-0.39, 0.29) is 6.04 Å². The van der Waals surface area contributed by atoms with E-state index in [2.05, 4.69) is 5.10 Å². The lowest BCUT2D eigenvalue weighted by Gasteiger charge is -2.10. The Kier molecular flexibility index (Phi) is 5.31. The number of ether oxygens (including phenoxy) is 2. The van der Waals surface area contributed by atoms with Gasteiger partial charge in [-0.2, -0.15) is 5.10 Å².